The van der Waals surface area contributed by atoms with E-state index in [1.165, 1.54) is 5.56 Å². The van der Waals surface area contributed by atoms with Crippen LogP contribution >= 0.6 is 0 Å². The molecule has 0 amide bonds. The molecule has 1 aliphatic heterocycles. The van der Waals surface area contributed by atoms with E-state index in [2.05, 4.69) is 23.0 Å². The summed E-state index contributed by atoms with van der Waals surface area (Å²) in [6, 6.07) is 4.75. The molecule has 2 heterocycles. The van der Waals surface area contributed by atoms with Gasteiger partial charge in [-0.05, 0) is 25.1 Å². The van der Waals surface area contributed by atoms with Gasteiger partial charge in [0.1, 0.15) is 0 Å². The highest BCUT2D eigenvalue weighted by molar-refractivity contribution is 5.14. The van der Waals surface area contributed by atoms with Crippen LogP contribution in [0.1, 0.15) is 18.0 Å². The third-order valence-corrected chi connectivity index (χ3v) is 3.27. The standard InChI is InChI=1S/C12H19N3O/c1-15(11-4-6-16-9-11)12(7-13)10-3-2-5-14-8-10/h2-3,5,8,11-12H,4,6-7,9,13H2,1H3. The van der Waals surface area contributed by atoms with E-state index < -0.39 is 0 Å². The molecule has 1 aliphatic rings. The Hall–Kier alpha value is -0.970. The summed E-state index contributed by atoms with van der Waals surface area (Å²) in [4.78, 5) is 6.46. The molecule has 0 aromatic carbocycles. The first kappa shape index (κ1) is 11.5. The predicted molar refractivity (Wildman–Crippen MR) is 63.0 cm³/mol. The van der Waals surface area contributed by atoms with Gasteiger partial charge in [-0.15, -0.1) is 0 Å². The Labute approximate surface area is 96.4 Å². The molecule has 2 unspecified atom stereocenters. The van der Waals surface area contributed by atoms with Crippen LogP contribution in [0, 0.1) is 0 Å². The predicted octanol–water partition coefficient (Wildman–Crippen LogP) is 0.802. The van der Waals surface area contributed by atoms with Crippen molar-refractivity contribution in [2.24, 2.45) is 5.73 Å². The summed E-state index contributed by atoms with van der Waals surface area (Å²) < 4.78 is 5.41. The molecule has 0 radical (unpaired) electrons. The first-order valence-electron chi connectivity index (χ1n) is 5.72. The lowest BCUT2D eigenvalue weighted by Crippen LogP contribution is -2.39. The zero-order chi connectivity index (χ0) is 11.4. The molecule has 2 N–H and O–H groups in total. The first-order chi connectivity index (χ1) is 7.83. The minimum atomic E-state index is 0.236. The van der Waals surface area contributed by atoms with Crippen LogP contribution < -0.4 is 5.73 Å². The summed E-state index contributed by atoms with van der Waals surface area (Å²) in [7, 11) is 2.11. The van der Waals surface area contributed by atoms with Gasteiger partial charge in [0.05, 0.1) is 6.61 Å². The second-order valence-electron chi connectivity index (χ2n) is 4.22. The Morgan fingerprint density at radius 1 is 1.69 bits per heavy atom. The van der Waals surface area contributed by atoms with Crippen molar-refractivity contribution in [1.82, 2.24) is 9.88 Å². The number of hydrogen-bond donors (Lipinski definition) is 1. The van der Waals surface area contributed by atoms with E-state index in [0.717, 1.165) is 19.6 Å². The smallest absolute Gasteiger partial charge is 0.0622 e. The average Bonchev–Trinajstić information content (AvgIpc) is 2.85. The van der Waals surface area contributed by atoms with Gasteiger partial charge >= 0.3 is 0 Å². The van der Waals surface area contributed by atoms with Gasteiger partial charge in [0.25, 0.3) is 0 Å². The fourth-order valence-corrected chi connectivity index (χ4v) is 2.21. The van der Waals surface area contributed by atoms with Gasteiger partial charge in [0.15, 0.2) is 0 Å². The molecule has 0 bridgehead atoms. The lowest BCUT2D eigenvalue weighted by Gasteiger charge is -2.31. The molecule has 1 aromatic heterocycles. The Kier molecular flexibility index (Phi) is 3.88. The monoisotopic (exact) mass is 221 g/mol. The van der Waals surface area contributed by atoms with E-state index in [4.69, 9.17) is 10.5 Å². The van der Waals surface area contributed by atoms with Crippen molar-refractivity contribution in [2.45, 2.75) is 18.5 Å². The first-order valence-corrected chi connectivity index (χ1v) is 5.72. The summed E-state index contributed by atoms with van der Waals surface area (Å²) in [6.45, 7) is 2.28. The highest BCUT2D eigenvalue weighted by Gasteiger charge is 2.26. The van der Waals surface area contributed by atoms with E-state index >= 15 is 0 Å². The summed E-state index contributed by atoms with van der Waals surface area (Å²) in [5, 5.41) is 0. The quantitative estimate of drug-likeness (QED) is 0.817. The molecule has 4 nitrogen and oxygen atoms in total. The highest BCUT2D eigenvalue weighted by Crippen LogP contribution is 2.23. The minimum absolute atomic E-state index is 0.236. The SMILES string of the molecule is CN(C1CCOC1)C(CN)c1cccnc1. The normalized spacial score (nSPS) is 22.6. The molecule has 0 spiro atoms. The van der Waals surface area contributed by atoms with E-state index in [1.54, 1.807) is 6.20 Å². The second-order valence-corrected chi connectivity index (χ2v) is 4.22. The number of nitrogens with two attached hydrogens (primary N) is 1. The lowest BCUT2D eigenvalue weighted by molar-refractivity contribution is 0.134. The molecule has 2 atom stereocenters. The van der Waals surface area contributed by atoms with Crippen molar-refractivity contribution in [1.29, 1.82) is 0 Å². The van der Waals surface area contributed by atoms with Crippen molar-refractivity contribution in [3.05, 3.63) is 30.1 Å². The Balaban J connectivity index is 2.09. The van der Waals surface area contributed by atoms with E-state index in [0.29, 0.717) is 12.6 Å². The van der Waals surface area contributed by atoms with Crippen molar-refractivity contribution in [2.75, 3.05) is 26.8 Å². The van der Waals surface area contributed by atoms with Crippen molar-refractivity contribution in [3.8, 4) is 0 Å². The van der Waals surface area contributed by atoms with Crippen molar-refractivity contribution < 1.29 is 4.74 Å². The number of nitrogens with zero attached hydrogens (tertiary/aromatic N) is 2. The number of hydrogen-bond acceptors (Lipinski definition) is 4. The number of rotatable bonds is 4. The third-order valence-electron chi connectivity index (χ3n) is 3.27. The fourth-order valence-electron chi connectivity index (χ4n) is 2.21. The van der Waals surface area contributed by atoms with Gasteiger partial charge in [0.2, 0.25) is 0 Å². The van der Waals surface area contributed by atoms with Crippen LogP contribution in [0.25, 0.3) is 0 Å². The molecule has 1 aromatic rings. The summed E-state index contributed by atoms with van der Waals surface area (Å²) in [5.74, 6) is 0. The van der Waals surface area contributed by atoms with Gasteiger partial charge in [-0.25, -0.2) is 0 Å². The van der Waals surface area contributed by atoms with Crippen molar-refractivity contribution >= 4 is 0 Å². The maximum absolute atomic E-state index is 5.86. The van der Waals surface area contributed by atoms with Gasteiger partial charge in [-0.3, -0.25) is 9.88 Å². The van der Waals surface area contributed by atoms with Gasteiger partial charge in [0, 0.05) is 37.6 Å². The van der Waals surface area contributed by atoms with E-state index in [-0.39, 0.29) is 6.04 Å². The zero-order valence-corrected chi connectivity index (χ0v) is 9.67. The number of aromatic nitrogens is 1. The van der Waals surface area contributed by atoms with Crippen LogP contribution in [0.4, 0.5) is 0 Å². The molecular weight excluding hydrogens is 202 g/mol. The summed E-state index contributed by atoms with van der Waals surface area (Å²) >= 11 is 0. The maximum Gasteiger partial charge on any atom is 0.0622 e. The molecular formula is C12H19N3O. The summed E-state index contributed by atoms with van der Waals surface area (Å²) in [5.41, 5.74) is 7.04. The van der Waals surface area contributed by atoms with Crippen LogP contribution in [0.5, 0.6) is 0 Å². The van der Waals surface area contributed by atoms with Crippen LogP contribution in [-0.4, -0.2) is 42.7 Å². The third kappa shape index (κ3) is 2.40. The molecule has 2 rings (SSSR count). The zero-order valence-electron chi connectivity index (χ0n) is 9.67. The van der Waals surface area contributed by atoms with E-state index in [9.17, 15) is 0 Å². The largest absolute Gasteiger partial charge is 0.380 e. The number of pyridine rings is 1. The Morgan fingerprint density at radius 2 is 2.56 bits per heavy atom. The van der Waals surface area contributed by atoms with Crippen LogP contribution in [0.3, 0.4) is 0 Å². The Morgan fingerprint density at radius 3 is 3.12 bits per heavy atom. The maximum atomic E-state index is 5.86. The fraction of sp³-hybridized carbons (Fsp3) is 0.583. The molecule has 0 aliphatic carbocycles. The van der Waals surface area contributed by atoms with Crippen LogP contribution in [0.15, 0.2) is 24.5 Å². The van der Waals surface area contributed by atoms with Gasteiger partial charge in [-0.2, -0.15) is 0 Å². The molecule has 16 heavy (non-hydrogen) atoms. The van der Waals surface area contributed by atoms with E-state index in [1.807, 2.05) is 12.3 Å². The highest BCUT2D eigenvalue weighted by atomic mass is 16.5. The van der Waals surface area contributed by atoms with Gasteiger partial charge < -0.3 is 10.5 Å². The molecule has 88 valence electrons. The van der Waals surface area contributed by atoms with Crippen LogP contribution in [-0.2, 0) is 4.74 Å². The Bertz CT molecular complexity index is 311. The summed E-state index contributed by atoms with van der Waals surface area (Å²) in [6.07, 6.45) is 4.77. The molecule has 4 heteroatoms. The topological polar surface area (TPSA) is 51.4 Å². The minimum Gasteiger partial charge on any atom is -0.380 e. The van der Waals surface area contributed by atoms with Crippen LogP contribution in [0.2, 0.25) is 0 Å². The number of ether oxygens (including phenoxy) is 1. The molecule has 0 saturated carbocycles. The molecule has 1 fully saturated rings. The lowest BCUT2D eigenvalue weighted by atomic mass is 10.1. The second kappa shape index (κ2) is 5.39. The number of likely N-dealkylation sites (N-methyl/N-ethyl adjacent to an activating group) is 1. The average molecular weight is 221 g/mol. The van der Waals surface area contributed by atoms with Crippen molar-refractivity contribution in [3.63, 3.8) is 0 Å². The molecule has 1 saturated heterocycles. The van der Waals surface area contributed by atoms with Gasteiger partial charge in [-0.1, -0.05) is 6.07 Å².